The van der Waals surface area contributed by atoms with Crippen molar-refractivity contribution in [1.29, 1.82) is 0 Å². The van der Waals surface area contributed by atoms with Crippen LogP contribution in [0.5, 0.6) is 5.75 Å². The molecule has 1 nitrogen and oxygen atoms in total. The normalized spacial score (nSPS) is 22.0. The second-order valence-electron chi connectivity index (χ2n) is 6.72. The lowest BCUT2D eigenvalue weighted by atomic mass is 9.80. The van der Waals surface area contributed by atoms with Crippen LogP contribution >= 0.6 is 0 Å². The Hall–Kier alpha value is -1.76. The summed E-state index contributed by atoms with van der Waals surface area (Å²) in [4.78, 5) is 0. The lowest BCUT2D eigenvalue weighted by Gasteiger charge is -2.36. The molecule has 0 aliphatic heterocycles. The fourth-order valence-electron chi connectivity index (χ4n) is 3.47. The smallest absolute Gasteiger partial charge is 0.131 e. The van der Waals surface area contributed by atoms with Gasteiger partial charge in [0.05, 0.1) is 0 Å². The highest BCUT2D eigenvalue weighted by molar-refractivity contribution is 5.37. The van der Waals surface area contributed by atoms with E-state index in [-0.39, 0.29) is 5.60 Å². The van der Waals surface area contributed by atoms with Crippen molar-refractivity contribution in [2.75, 3.05) is 0 Å². The molecule has 2 aromatic rings. The van der Waals surface area contributed by atoms with Gasteiger partial charge in [-0.25, -0.2) is 0 Å². The summed E-state index contributed by atoms with van der Waals surface area (Å²) in [6.45, 7) is 6.73. The van der Waals surface area contributed by atoms with Crippen molar-refractivity contribution in [2.24, 2.45) is 0 Å². The van der Waals surface area contributed by atoms with Gasteiger partial charge in [0.25, 0.3) is 0 Å². The molecule has 2 aromatic carbocycles. The van der Waals surface area contributed by atoms with Crippen molar-refractivity contribution in [3.63, 3.8) is 0 Å². The van der Waals surface area contributed by atoms with Gasteiger partial charge < -0.3 is 4.74 Å². The Morgan fingerprint density at radius 2 is 1.82 bits per heavy atom. The monoisotopic (exact) mass is 294 g/mol. The number of hydrogen-bond acceptors (Lipinski definition) is 1. The van der Waals surface area contributed by atoms with Crippen LogP contribution in [0, 0.1) is 0 Å². The lowest BCUT2D eigenvalue weighted by Crippen LogP contribution is -2.33. The molecule has 0 saturated heterocycles. The predicted octanol–water partition coefficient (Wildman–Crippen LogP) is 5.83. The van der Waals surface area contributed by atoms with E-state index in [1.54, 1.807) is 0 Å². The summed E-state index contributed by atoms with van der Waals surface area (Å²) in [5.74, 6) is 1.59. The van der Waals surface area contributed by atoms with Gasteiger partial charge in [-0.05, 0) is 67.3 Å². The Labute approximate surface area is 134 Å². The van der Waals surface area contributed by atoms with Crippen LogP contribution < -0.4 is 4.74 Å². The molecule has 2 unspecified atom stereocenters. The lowest BCUT2D eigenvalue weighted by molar-refractivity contribution is 0.0673. The molecule has 1 aliphatic rings. The highest BCUT2D eigenvalue weighted by Crippen LogP contribution is 2.39. The minimum absolute atomic E-state index is 0.202. The van der Waals surface area contributed by atoms with Crippen molar-refractivity contribution >= 4 is 0 Å². The van der Waals surface area contributed by atoms with Gasteiger partial charge in [0, 0.05) is 0 Å². The molecule has 3 rings (SSSR count). The third-order valence-electron chi connectivity index (χ3n) is 5.09. The Bertz CT molecular complexity index is 629. The van der Waals surface area contributed by atoms with E-state index in [9.17, 15) is 0 Å². The largest absolute Gasteiger partial charge is 0.483 e. The topological polar surface area (TPSA) is 9.23 Å². The van der Waals surface area contributed by atoms with Gasteiger partial charge in [-0.3, -0.25) is 0 Å². The number of benzene rings is 2. The quantitative estimate of drug-likeness (QED) is 0.689. The van der Waals surface area contributed by atoms with Crippen molar-refractivity contribution < 1.29 is 4.74 Å². The molecular formula is C21H26O. The van der Waals surface area contributed by atoms with Crippen LogP contribution in [0.2, 0.25) is 0 Å². The first kappa shape index (κ1) is 15.1. The van der Waals surface area contributed by atoms with Gasteiger partial charge in [-0.15, -0.1) is 0 Å². The maximum Gasteiger partial charge on any atom is 0.131 e. The third kappa shape index (κ3) is 2.90. The number of fused-ring (bicyclic) bond motifs is 1. The number of rotatable bonds is 4. The molecule has 116 valence electrons. The first-order valence-corrected chi connectivity index (χ1v) is 8.50. The zero-order valence-corrected chi connectivity index (χ0v) is 13.9. The fraction of sp³-hybridized carbons (Fsp3) is 0.429. The first-order valence-electron chi connectivity index (χ1n) is 8.50. The molecular weight excluding hydrogens is 268 g/mol. The fourth-order valence-corrected chi connectivity index (χ4v) is 3.47. The Morgan fingerprint density at radius 3 is 2.55 bits per heavy atom. The summed E-state index contributed by atoms with van der Waals surface area (Å²) in [6, 6.07) is 17.4. The number of hydrogen-bond donors (Lipinski definition) is 0. The Kier molecular flexibility index (Phi) is 4.24. The highest BCUT2D eigenvalue weighted by atomic mass is 16.5. The zero-order valence-electron chi connectivity index (χ0n) is 13.9. The van der Waals surface area contributed by atoms with Crippen LogP contribution in [0.25, 0.3) is 0 Å². The maximum atomic E-state index is 6.44. The molecule has 22 heavy (non-hydrogen) atoms. The second-order valence-corrected chi connectivity index (χ2v) is 6.72. The van der Waals surface area contributed by atoms with Crippen LogP contribution in [-0.4, -0.2) is 0 Å². The average molecular weight is 294 g/mol. The standard InChI is InChI=1S/C21H26O/c1-4-16(2)17-11-13-19(14-12-17)22-21(3)15-7-9-18-8-5-6-10-20(18)21/h5-6,8,10-14,16H,4,7,9,15H2,1-3H3. The van der Waals surface area contributed by atoms with E-state index in [2.05, 4.69) is 69.3 Å². The molecule has 0 bridgehead atoms. The third-order valence-corrected chi connectivity index (χ3v) is 5.09. The predicted molar refractivity (Wildman–Crippen MR) is 92.5 cm³/mol. The van der Waals surface area contributed by atoms with Crippen LogP contribution in [0.4, 0.5) is 0 Å². The molecule has 0 amide bonds. The van der Waals surface area contributed by atoms with E-state index in [1.165, 1.54) is 36.0 Å². The summed E-state index contributed by atoms with van der Waals surface area (Å²) in [6.07, 6.45) is 4.61. The number of ether oxygens (including phenoxy) is 1. The van der Waals surface area contributed by atoms with Crippen LogP contribution in [0.15, 0.2) is 48.5 Å². The van der Waals surface area contributed by atoms with E-state index in [0.29, 0.717) is 5.92 Å². The maximum absolute atomic E-state index is 6.44. The number of aryl methyl sites for hydroxylation is 1. The van der Waals surface area contributed by atoms with Gasteiger partial charge >= 0.3 is 0 Å². The molecule has 2 atom stereocenters. The van der Waals surface area contributed by atoms with Crippen LogP contribution in [0.3, 0.4) is 0 Å². The van der Waals surface area contributed by atoms with E-state index in [4.69, 9.17) is 4.74 Å². The molecule has 0 spiro atoms. The van der Waals surface area contributed by atoms with Gasteiger partial charge in [0.1, 0.15) is 11.4 Å². The van der Waals surface area contributed by atoms with Crippen molar-refractivity contribution in [3.05, 3.63) is 65.2 Å². The molecule has 0 aromatic heterocycles. The van der Waals surface area contributed by atoms with Gasteiger partial charge in [-0.1, -0.05) is 50.2 Å². The molecule has 1 heteroatoms. The molecule has 0 heterocycles. The van der Waals surface area contributed by atoms with E-state index < -0.39 is 0 Å². The zero-order chi connectivity index (χ0) is 15.6. The van der Waals surface area contributed by atoms with E-state index in [1.807, 2.05) is 0 Å². The summed E-state index contributed by atoms with van der Waals surface area (Å²) < 4.78 is 6.44. The van der Waals surface area contributed by atoms with Gasteiger partial charge in [0.2, 0.25) is 0 Å². The van der Waals surface area contributed by atoms with Crippen molar-refractivity contribution in [2.45, 2.75) is 58.0 Å². The highest BCUT2D eigenvalue weighted by Gasteiger charge is 2.33. The molecule has 0 saturated carbocycles. The molecule has 1 aliphatic carbocycles. The van der Waals surface area contributed by atoms with E-state index >= 15 is 0 Å². The SMILES string of the molecule is CCC(C)c1ccc(OC2(C)CCCc3ccccc32)cc1. The van der Waals surface area contributed by atoms with Crippen LogP contribution in [-0.2, 0) is 12.0 Å². The van der Waals surface area contributed by atoms with Gasteiger partial charge in [-0.2, -0.15) is 0 Å². The average Bonchev–Trinajstić information content (AvgIpc) is 2.55. The minimum Gasteiger partial charge on any atom is -0.483 e. The van der Waals surface area contributed by atoms with Gasteiger partial charge in [0.15, 0.2) is 0 Å². The molecule has 0 N–H and O–H groups in total. The summed E-state index contributed by atoms with van der Waals surface area (Å²) >= 11 is 0. The van der Waals surface area contributed by atoms with Crippen molar-refractivity contribution in [1.82, 2.24) is 0 Å². The second kappa shape index (κ2) is 6.16. The summed E-state index contributed by atoms with van der Waals surface area (Å²) in [7, 11) is 0. The Morgan fingerprint density at radius 1 is 1.09 bits per heavy atom. The van der Waals surface area contributed by atoms with E-state index in [0.717, 1.165) is 12.2 Å². The molecule has 0 fully saturated rings. The minimum atomic E-state index is -0.202. The summed E-state index contributed by atoms with van der Waals surface area (Å²) in [5, 5.41) is 0. The first-order chi connectivity index (χ1) is 10.6. The summed E-state index contributed by atoms with van der Waals surface area (Å²) in [5.41, 5.74) is 3.98. The molecule has 0 radical (unpaired) electrons. The Balaban J connectivity index is 1.84. The van der Waals surface area contributed by atoms with Crippen molar-refractivity contribution in [3.8, 4) is 5.75 Å². The van der Waals surface area contributed by atoms with Crippen LogP contribution in [0.1, 0.15) is 62.6 Å².